The minimum Gasteiger partial charge on any atom is -0.317 e. The van der Waals surface area contributed by atoms with Gasteiger partial charge in [-0.15, -0.1) is 0 Å². The molecule has 2 N–H and O–H groups in total. The van der Waals surface area contributed by atoms with E-state index in [-0.39, 0.29) is 16.4 Å². The third kappa shape index (κ3) is 2.45. The fraction of sp³-hybridized carbons (Fsp3) is 0. The number of carbonyl (C=O) groups is 1. The number of H-pyrrole nitrogens is 1. The highest BCUT2D eigenvalue weighted by atomic mass is 35.5. The van der Waals surface area contributed by atoms with E-state index in [0.717, 1.165) is 6.07 Å². The summed E-state index contributed by atoms with van der Waals surface area (Å²) in [5, 5.41) is 9.26. The van der Waals surface area contributed by atoms with Crippen molar-refractivity contribution in [2.45, 2.75) is 0 Å². The van der Waals surface area contributed by atoms with E-state index in [1.54, 1.807) is 24.3 Å². The van der Waals surface area contributed by atoms with Gasteiger partial charge in [0, 0.05) is 11.5 Å². The number of rotatable bonds is 2. The smallest absolute Gasteiger partial charge is 0.276 e. The maximum Gasteiger partial charge on any atom is 0.276 e. The lowest BCUT2D eigenvalue weighted by Crippen LogP contribution is -2.14. The van der Waals surface area contributed by atoms with E-state index in [9.17, 15) is 13.6 Å². The van der Waals surface area contributed by atoms with Crippen molar-refractivity contribution in [3.05, 3.63) is 58.7 Å². The first kappa shape index (κ1) is 13.5. The molecule has 0 aliphatic carbocycles. The van der Waals surface area contributed by atoms with Gasteiger partial charge in [0.15, 0.2) is 11.5 Å². The molecule has 0 spiro atoms. The lowest BCUT2D eigenvalue weighted by atomic mass is 10.2. The van der Waals surface area contributed by atoms with Crippen molar-refractivity contribution in [1.82, 2.24) is 10.2 Å². The molecule has 3 rings (SSSR count). The summed E-state index contributed by atoms with van der Waals surface area (Å²) in [4.78, 5) is 12.2. The summed E-state index contributed by atoms with van der Waals surface area (Å²) in [5.41, 5.74) is 0.494. The van der Waals surface area contributed by atoms with Crippen LogP contribution < -0.4 is 5.32 Å². The zero-order valence-electron chi connectivity index (χ0n) is 10.5. The van der Waals surface area contributed by atoms with Gasteiger partial charge in [0.2, 0.25) is 0 Å². The Morgan fingerprint density at radius 1 is 1.24 bits per heavy atom. The van der Waals surface area contributed by atoms with E-state index in [4.69, 9.17) is 11.6 Å². The van der Waals surface area contributed by atoms with Crippen LogP contribution in [0.25, 0.3) is 10.9 Å². The highest BCUT2D eigenvalue weighted by Crippen LogP contribution is 2.27. The van der Waals surface area contributed by atoms with E-state index in [2.05, 4.69) is 15.5 Å². The first-order valence-electron chi connectivity index (χ1n) is 5.95. The van der Waals surface area contributed by atoms with Gasteiger partial charge in [-0.3, -0.25) is 9.89 Å². The Morgan fingerprint density at radius 2 is 2.00 bits per heavy atom. The fourth-order valence-corrected chi connectivity index (χ4v) is 2.21. The molecule has 1 aromatic heterocycles. The van der Waals surface area contributed by atoms with Crippen LogP contribution in [0, 0.1) is 11.6 Å². The average molecular weight is 308 g/mol. The minimum atomic E-state index is -0.951. The van der Waals surface area contributed by atoms with Crippen LogP contribution in [0.1, 0.15) is 10.5 Å². The van der Waals surface area contributed by atoms with Gasteiger partial charge in [0.1, 0.15) is 5.82 Å². The number of para-hydroxylation sites is 1. The number of hydrogen-bond donors (Lipinski definition) is 2. The predicted octanol–water partition coefficient (Wildman–Crippen LogP) is 3.75. The molecule has 1 amide bonds. The van der Waals surface area contributed by atoms with Gasteiger partial charge >= 0.3 is 0 Å². The molecule has 21 heavy (non-hydrogen) atoms. The van der Waals surface area contributed by atoms with Crippen molar-refractivity contribution in [3.63, 3.8) is 0 Å². The van der Waals surface area contributed by atoms with Crippen molar-refractivity contribution >= 4 is 34.1 Å². The number of amides is 1. The van der Waals surface area contributed by atoms with E-state index in [1.165, 1.54) is 0 Å². The summed E-state index contributed by atoms with van der Waals surface area (Å²) in [6.07, 6.45) is 0. The standard InChI is InChI=1S/C14H8ClF2N3O/c15-9-5-7(16)6-10(17)13(9)18-14(21)12-8-3-1-2-4-11(8)19-20-12/h1-6H,(H,18,21)(H,19,20). The average Bonchev–Trinajstić information content (AvgIpc) is 2.86. The van der Waals surface area contributed by atoms with Crippen LogP contribution in [0.4, 0.5) is 14.5 Å². The Hall–Kier alpha value is -2.47. The van der Waals surface area contributed by atoms with Crippen molar-refractivity contribution in [3.8, 4) is 0 Å². The molecule has 0 aliphatic heterocycles. The third-order valence-electron chi connectivity index (χ3n) is 2.93. The van der Waals surface area contributed by atoms with E-state index < -0.39 is 17.5 Å². The first-order valence-corrected chi connectivity index (χ1v) is 6.33. The minimum absolute atomic E-state index is 0.102. The number of nitrogens with zero attached hydrogens (tertiary/aromatic N) is 1. The Morgan fingerprint density at radius 3 is 2.76 bits per heavy atom. The molecular weight excluding hydrogens is 300 g/mol. The Labute approximate surface area is 122 Å². The number of halogens is 3. The van der Waals surface area contributed by atoms with Gasteiger partial charge in [-0.2, -0.15) is 5.10 Å². The van der Waals surface area contributed by atoms with Gasteiger partial charge < -0.3 is 5.32 Å². The van der Waals surface area contributed by atoms with Crippen LogP contribution in [0.2, 0.25) is 5.02 Å². The molecule has 0 fully saturated rings. The SMILES string of the molecule is O=C(Nc1c(F)cc(F)cc1Cl)c1n[nH]c2ccccc12. The molecule has 0 saturated heterocycles. The zero-order chi connectivity index (χ0) is 15.0. The third-order valence-corrected chi connectivity index (χ3v) is 3.23. The van der Waals surface area contributed by atoms with Crippen LogP contribution in [-0.2, 0) is 0 Å². The van der Waals surface area contributed by atoms with Crippen molar-refractivity contribution < 1.29 is 13.6 Å². The Bertz CT molecular complexity index is 824. The van der Waals surface area contributed by atoms with Gasteiger partial charge in [-0.1, -0.05) is 29.8 Å². The van der Waals surface area contributed by atoms with Gasteiger partial charge in [0.05, 0.1) is 16.2 Å². The summed E-state index contributed by atoms with van der Waals surface area (Å²) in [7, 11) is 0. The summed E-state index contributed by atoms with van der Waals surface area (Å²) >= 11 is 5.74. The molecule has 106 valence electrons. The monoisotopic (exact) mass is 307 g/mol. The second-order valence-corrected chi connectivity index (χ2v) is 4.72. The Balaban J connectivity index is 1.97. The number of aromatic nitrogens is 2. The molecular formula is C14H8ClF2N3O. The zero-order valence-corrected chi connectivity index (χ0v) is 11.2. The van der Waals surface area contributed by atoms with Gasteiger partial charge in [0.25, 0.3) is 5.91 Å². The molecule has 2 aromatic carbocycles. The van der Waals surface area contributed by atoms with E-state index >= 15 is 0 Å². The highest BCUT2D eigenvalue weighted by Gasteiger charge is 2.18. The maximum atomic E-state index is 13.7. The summed E-state index contributed by atoms with van der Waals surface area (Å²) in [6.45, 7) is 0. The number of hydrogen-bond acceptors (Lipinski definition) is 2. The van der Waals surface area contributed by atoms with Crippen LogP contribution in [-0.4, -0.2) is 16.1 Å². The number of aromatic amines is 1. The van der Waals surface area contributed by atoms with Crippen molar-refractivity contribution in [2.75, 3.05) is 5.32 Å². The molecule has 0 aliphatic rings. The van der Waals surface area contributed by atoms with Crippen LogP contribution in [0.3, 0.4) is 0 Å². The molecule has 0 bridgehead atoms. The van der Waals surface area contributed by atoms with E-state index in [0.29, 0.717) is 17.0 Å². The van der Waals surface area contributed by atoms with Crippen LogP contribution >= 0.6 is 11.6 Å². The number of fused-ring (bicyclic) bond motifs is 1. The molecule has 4 nitrogen and oxygen atoms in total. The van der Waals surface area contributed by atoms with E-state index in [1.807, 2.05) is 0 Å². The summed E-state index contributed by atoms with van der Waals surface area (Å²) < 4.78 is 26.6. The van der Waals surface area contributed by atoms with Crippen molar-refractivity contribution in [1.29, 1.82) is 0 Å². The summed E-state index contributed by atoms with van der Waals surface area (Å²) in [5.74, 6) is -2.41. The molecule has 0 radical (unpaired) electrons. The van der Waals surface area contributed by atoms with Gasteiger partial charge in [-0.25, -0.2) is 8.78 Å². The van der Waals surface area contributed by atoms with Crippen LogP contribution in [0.15, 0.2) is 36.4 Å². The highest BCUT2D eigenvalue weighted by molar-refractivity contribution is 6.34. The predicted molar refractivity (Wildman–Crippen MR) is 75.4 cm³/mol. The second kappa shape index (κ2) is 5.14. The van der Waals surface area contributed by atoms with Crippen molar-refractivity contribution in [2.24, 2.45) is 0 Å². The molecule has 0 unspecified atom stereocenters. The molecule has 1 heterocycles. The largest absolute Gasteiger partial charge is 0.317 e. The summed E-state index contributed by atoms with van der Waals surface area (Å²) in [6, 6.07) is 8.56. The quantitative estimate of drug-likeness (QED) is 0.757. The number of benzene rings is 2. The lowest BCUT2D eigenvalue weighted by Gasteiger charge is -2.07. The normalized spacial score (nSPS) is 10.8. The molecule has 0 atom stereocenters. The van der Waals surface area contributed by atoms with Gasteiger partial charge in [-0.05, 0) is 12.1 Å². The number of anilines is 1. The first-order chi connectivity index (χ1) is 10.1. The molecule has 3 aromatic rings. The lowest BCUT2D eigenvalue weighted by molar-refractivity contribution is 0.102. The molecule has 0 saturated carbocycles. The second-order valence-electron chi connectivity index (χ2n) is 4.32. The molecule has 7 heteroatoms. The topological polar surface area (TPSA) is 57.8 Å². The fourth-order valence-electron chi connectivity index (χ4n) is 1.97. The van der Waals surface area contributed by atoms with Crippen LogP contribution in [0.5, 0.6) is 0 Å². The Kier molecular flexibility index (Phi) is 3.31. The maximum absolute atomic E-state index is 13.7. The number of nitrogens with one attached hydrogen (secondary N) is 2. The number of carbonyl (C=O) groups excluding carboxylic acids is 1.